The Morgan fingerprint density at radius 1 is 1.20 bits per heavy atom. The van der Waals surface area contributed by atoms with E-state index in [1.54, 1.807) is 17.2 Å². The zero-order chi connectivity index (χ0) is 10.8. The van der Waals surface area contributed by atoms with Crippen LogP contribution in [-0.2, 0) is 0 Å². The molecule has 4 heteroatoms. The fourth-order valence-corrected chi connectivity index (χ4v) is 1.50. The van der Waals surface area contributed by atoms with Gasteiger partial charge in [-0.1, -0.05) is 19.9 Å². The Morgan fingerprint density at radius 2 is 1.87 bits per heavy atom. The standard InChI is InChI=1S/C11H14N4/c1-8(2)10-6-9(3)7-12-11(10)15-13-4-5-14-15/h4-8H,1-3H3. The summed E-state index contributed by atoms with van der Waals surface area (Å²) in [5.41, 5.74) is 2.33. The van der Waals surface area contributed by atoms with E-state index >= 15 is 0 Å². The maximum Gasteiger partial charge on any atom is 0.177 e. The Kier molecular flexibility index (Phi) is 2.49. The van der Waals surface area contributed by atoms with Crippen molar-refractivity contribution in [2.75, 3.05) is 0 Å². The summed E-state index contributed by atoms with van der Waals surface area (Å²) >= 11 is 0. The van der Waals surface area contributed by atoms with Crippen LogP contribution in [0.4, 0.5) is 0 Å². The SMILES string of the molecule is Cc1cnc(-n2nccn2)c(C(C)C)c1. The molecule has 0 bridgehead atoms. The first-order valence-electron chi connectivity index (χ1n) is 5.01. The van der Waals surface area contributed by atoms with Crippen LogP contribution in [0.25, 0.3) is 5.82 Å². The smallest absolute Gasteiger partial charge is 0.177 e. The van der Waals surface area contributed by atoms with Crippen molar-refractivity contribution in [2.24, 2.45) is 0 Å². The highest BCUT2D eigenvalue weighted by atomic mass is 15.5. The second-order valence-corrected chi connectivity index (χ2v) is 3.90. The van der Waals surface area contributed by atoms with Crippen molar-refractivity contribution in [3.63, 3.8) is 0 Å². The highest BCUT2D eigenvalue weighted by Crippen LogP contribution is 2.20. The lowest BCUT2D eigenvalue weighted by atomic mass is 10.0. The van der Waals surface area contributed by atoms with E-state index in [-0.39, 0.29) is 0 Å². The molecule has 2 aromatic heterocycles. The topological polar surface area (TPSA) is 43.6 Å². The predicted octanol–water partition coefficient (Wildman–Crippen LogP) is 2.09. The third-order valence-electron chi connectivity index (χ3n) is 2.26. The van der Waals surface area contributed by atoms with E-state index in [1.165, 1.54) is 5.56 Å². The molecular weight excluding hydrogens is 188 g/mol. The van der Waals surface area contributed by atoms with Gasteiger partial charge in [0.05, 0.1) is 12.4 Å². The summed E-state index contributed by atoms with van der Waals surface area (Å²) in [5.74, 6) is 1.24. The van der Waals surface area contributed by atoms with Gasteiger partial charge in [0.25, 0.3) is 0 Å². The maximum absolute atomic E-state index is 4.38. The van der Waals surface area contributed by atoms with Crippen molar-refractivity contribution < 1.29 is 0 Å². The molecule has 2 heterocycles. The molecule has 0 aromatic carbocycles. The fraction of sp³-hybridized carbons (Fsp3) is 0.364. The summed E-state index contributed by atoms with van der Waals surface area (Å²) in [6, 6.07) is 2.14. The van der Waals surface area contributed by atoms with Crippen LogP contribution in [0.3, 0.4) is 0 Å². The monoisotopic (exact) mass is 202 g/mol. The summed E-state index contributed by atoms with van der Waals surface area (Å²) in [4.78, 5) is 5.94. The van der Waals surface area contributed by atoms with Crippen molar-refractivity contribution >= 4 is 0 Å². The molecule has 78 valence electrons. The molecule has 0 saturated carbocycles. The molecule has 0 radical (unpaired) electrons. The van der Waals surface area contributed by atoms with E-state index in [2.05, 4.69) is 35.1 Å². The van der Waals surface area contributed by atoms with E-state index in [9.17, 15) is 0 Å². The molecule has 0 aliphatic rings. The number of nitrogens with zero attached hydrogens (tertiary/aromatic N) is 4. The van der Waals surface area contributed by atoms with Crippen LogP contribution in [0.15, 0.2) is 24.7 Å². The molecule has 0 aliphatic heterocycles. The van der Waals surface area contributed by atoms with Gasteiger partial charge in [0, 0.05) is 11.8 Å². The first-order valence-corrected chi connectivity index (χ1v) is 5.01. The fourth-order valence-electron chi connectivity index (χ4n) is 1.50. The summed E-state index contributed by atoms with van der Waals surface area (Å²) in [6.07, 6.45) is 5.15. The molecular formula is C11H14N4. The van der Waals surface area contributed by atoms with E-state index in [1.807, 2.05) is 13.1 Å². The molecule has 0 spiro atoms. The number of aryl methyl sites for hydroxylation is 1. The van der Waals surface area contributed by atoms with Crippen LogP contribution in [0.2, 0.25) is 0 Å². The summed E-state index contributed by atoms with van der Waals surface area (Å²) < 4.78 is 0. The van der Waals surface area contributed by atoms with Crippen LogP contribution < -0.4 is 0 Å². The second kappa shape index (κ2) is 3.81. The van der Waals surface area contributed by atoms with Gasteiger partial charge in [0.1, 0.15) is 0 Å². The van der Waals surface area contributed by atoms with Crippen molar-refractivity contribution in [1.82, 2.24) is 20.0 Å². The van der Waals surface area contributed by atoms with Gasteiger partial charge in [-0.2, -0.15) is 10.2 Å². The van der Waals surface area contributed by atoms with Gasteiger partial charge in [-0.05, 0) is 18.4 Å². The Morgan fingerprint density at radius 3 is 2.47 bits per heavy atom. The summed E-state index contributed by atoms with van der Waals surface area (Å²) in [6.45, 7) is 6.33. The maximum atomic E-state index is 4.38. The second-order valence-electron chi connectivity index (χ2n) is 3.90. The van der Waals surface area contributed by atoms with E-state index in [0.29, 0.717) is 5.92 Å². The van der Waals surface area contributed by atoms with Gasteiger partial charge in [0.2, 0.25) is 0 Å². The normalized spacial score (nSPS) is 10.9. The molecule has 0 amide bonds. The van der Waals surface area contributed by atoms with Gasteiger partial charge in [-0.15, -0.1) is 4.80 Å². The van der Waals surface area contributed by atoms with Crippen molar-refractivity contribution in [1.29, 1.82) is 0 Å². The van der Waals surface area contributed by atoms with Gasteiger partial charge in [-0.25, -0.2) is 4.98 Å². The molecule has 0 unspecified atom stereocenters. The lowest BCUT2D eigenvalue weighted by Crippen LogP contribution is -2.07. The number of pyridine rings is 1. The Bertz CT molecular complexity index is 446. The first-order chi connectivity index (χ1) is 7.18. The van der Waals surface area contributed by atoms with Crippen LogP contribution >= 0.6 is 0 Å². The Balaban J connectivity index is 2.56. The van der Waals surface area contributed by atoms with Gasteiger partial charge >= 0.3 is 0 Å². The molecule has 15 heavy (non-hydrogen) atoms. The first kappa shape index (κ1) is 9.83. The molecule has 0 atom stereocenters. The van der Waals surface area contributed by atoms with Gasteiger partial charge < -0.3 is 0 Å². The van der Waals surface area contributed by atoms with Crippen LogP contribution in [0, 0.1) is 6.92 Å². The van der Waals surface area contributed by atoms with Crippen LogP contribution in [0.1, 0.15) is 30.9 Å². The van der Waals surface area contributed by atoms with Gasteiger partial charge in [-0.3, -0.25) is 0 Å². The molecule has 0 aliphatic carbocycles. The predicted molar refractivity (Wildman–Crippen MR) is 58.0 cm³/mol. The molecule has 2 aromatic rings. The van der Waals surface area contributed by atoms with E-state index in [0.717, 1.165) is 11.4 Å². The average molecular weight is 202 g/mol. The number of hydrogen-bond donors (Lipinski definition) is 0. The quantitative estimate of drug-likeness (QED) is 0.749. The van der Waals surface area contributed by atoms with Crippen LogP contribution in [0.5, 0.6) is 0 Å². The molecule has 0 fully saturated rings. The summed E-state index contributed by atoms with van der Waals surface area (Å²) in [7, 11) is 0. The third-order valence-corrected chi connectivity index (χ3v) is 2.26. The van der Waals surface area contributed by atoms with Crippen molar-refractivity contribution in [2.45, 2.75) is 26.7 Å². The Hall–Kier alpha value is -1.71. The lowest BCUT2D eigenvalue weighted by Gasteiger charge is -2.11. The molecule has 0 saturated heterocycles. The largest absolute Gasteiger partial charge is 0.235 e. The van der Waals surface area contributed by atoms with E-state index < -0.39 is 0 Å². The number of aromatic nitrogens is 4. The third kappa shape index (κ3) is 1.88. The molecule has 2 rings (SSSR count). The minimum absolute atomic E-state index is 0.415. The van der Waals surface area contributed by atoms with Crippen molar-refractivity contribution in [3.05, 3.63) is 35.8 Å². The number of hydrogen-bond acceptors (Lipinski definition) is 3. The zero-order valence-corrected chi connectivity index (χ0v) is 9.18. The average Bonchev–Trinajstić information content (AvgIpc) is 2.70. The van der Waals surface area contributed by atoms with E-state index in [4.69, 9.17) is 0 Å². The summed E-state index contributed by atoms with van der Waals surface area (Å²) in [5, 5.41) is 8.20. The highest BCUT2D eigenvalue weighted by Gasteiger charge is 2.10. The van der Waals surface area contributed by atoms with Gasteiger partial charge in [0.15, 0.2) is 5.82 Å². The minimum Gasteiger partial charge on any atom is -0.235 e. The molecule has 4 nitrogen and oxygen atoms in total. The zero-order valence-electron chi connectivity index (χ0n) is 9.18. The van der Waals surface area contributed by atoms with Crippen molar-refractivity contribution in [3.8, 4) is 5.82 Å². The molecule has 0 N–H and O–H groups in total. The Labute approximate surface area is 89.0 Å². The lowest BCUT2D eigenvalue weighted by molar-refractivity contribution is 0.702. The highest BCUT2D eigenvalue weighted by molar-refractivity contribution is 5.36. The minimum atomic E-state index is 0.415. The van der Waals surface area contributed by atoms with Crippen LogP contribution in [-0.4, -0.2) is 20.0 Å². The number of rotatable bonds is 2.